The minimum atomic E-state index is -0.986. The van der Waals surface area contributed by atoms with Gasteiger partial charge in [-0.3, -0.25) is 4.79 Å². The van der Waals surface area contributed by atoms with Crippen molar-refractivity contribution in [1.82, 2.24) is 5.32 Å². The minimum absolute atomic E-state index is 0.0709. The van der Waals surface area contributed by atoms with Gasteiger partial charge >= 0.3 is 5.97 Å². The molecule has 0 aliphatic rings. The Morgan fingerprint density at radius 1 is 1.44 bits per heavy atom. The molecule has 0 saturated heterocycles. The SMILES string of the molecule is CCNC(=O)CN(C)c1ccc(C(=O)O)c(Br)c1. The maximum atomic E-state index is 11.4. The predicted octanol–water partition coefficient (Wildman–Crippen LogP) is 1.72. The van der Waals surface area contributed by atoms with E-state index in [1.165, 1.54) is 6.07 Å². The summed E-state index contributed by atoms with van der Waals surface area (Å²) in [6.45, 7) is 2.68. The Morgan fingerprint density at radius 2 is 2.11 bits per heavy atom. The summed E-state index contributed by atoms with van der Waals surface area (Å²) < 4.78 is 0.496. The molecular weight excluding hydrogens is 300 g/mol. The molecule has 98 valence electrons. The van der Waals surface area contributed by atoms with Gasteiger partial charge in [-0.1, -0.05) is 0 Å². The summed E-state index contributed by atoms with van der Waals surface area (Å²) >= 11 is 3.20. The number of carbonyl (C=O) groups excluding carboxylic acids is 1. The molecule has 0 fully saturated rings. The van der Waals surface area contributed by atoms with Gasteiger partial charge in [0.2, 0.25) is 5.91 Å². The minimum Gasteiger partial charge on any atom is -0.478 e. The Kier molecular flexibility index (Phi) is 5.15. The number of carboxylic acids is 1. The molecule has 0 atom stereocenters. The topological polar surface area (TPSA) is 69.6 Å². The number of carbonyl (C=O) groups is 2. The van der Waals surface area contributed by atoms with E-state index in [2.05, 4.69) is 21.2 Å². The summed E-state index contributed by atoms with van der Waals surface area (Å²) in [5, 5.41) is 11.6. The van der Waals surface area contributed by atoms with Crippen LogP contribution in [0.5, 0.6) is 0 Å². The third kappa shape index (κ3) is 3.73. The van der Waals surface area contributed by atoms with Gasteiger partial charge in [0, 0.05) is 23.8 Å². The number of likely N-dealkylation sites (N-methyl/N-ethyl adjacent to an activating group) is 2. The number of hydrogen-bond acceptors (Lipinski definition) is 3. The largest absolute Gasteiger partial charge is 0.478 e. The van der Waals surface area contributed by atoms with Crippen LogP contribution in [0.4, 0.5) is 5.69 Å². The normalized spacial score (nSPS) is 9.94. The third-order valence-corrected chi connectivity index (χ3v) is 3.03. The fourth-order valence-corrected chi connectivity index (χ4v) is 2.01. The Labute approximate surface area is 114 Å². The van der Waals surface area contributed by atoms with Crippen molar-refractivity contribution < 1.29 is 14.7 Å². The van der Waals surface area contributed by atoms with E-state index in [1.807, 2.05) is 6.92 Å². The van der Waals surface area contributed by atoms with Crippen molar-refractivity contribution in [1.29, 1.82) is 0 Å². The molecule has 18 heavy (non-hydrogen) atoms. The van der Waals surface area contributed by atoms with Crippen molar-refractivity contribution in [3.63, 3.8) is 0 Å². The molecule has 5 nitrogen and oxygen atoms in total. The van der Waals surface area contributed by atoms with Gasteiger partial charge in [0.25, 0.3) is 0 Å². The van der Waals surface area contributed by atoms with Crippen LogP contribution >= 0.6 is 15.9 Å². The highest BCUT2D eigenvalue weighted by molar-refractivity contribution is 9.10. The Balaban J connectivity index is 2.81. The van der Waals surface area contributed by atoms with Crippen molar-refractivity contribution in [2.75, 3.05) is 25.0 Å². The van der Waals surface area contributed by atoms with E-state index in [0.717, 1.165) is 5.69 Å². The van der Waals surface area contributed by atoms with E-state index in [0.29, 0.717) is 11.0 Å². The first-order valence-corrected chi connectivity index (χ1v) is 6.25. The first-order valence-electron chi connectivity index (χ1n) is 5.46. The molecule has 0 radical (unpaired) electrons. The van der Waals surface area contributed by atoms with E-state index in [1.54, 1.807) is 24.1 Å². The summed E-state index contributed by atoms with van der Waals surface area (Å²) in [4.78, 5) is 24.0. The summed E-state index contributed by atoms with van der Waals surface area (Å²) in [7, 11) is 1.78. The van der Waals surface area contributed by atoms with Gasteiger partial charge in [0.05, 0.1) is 12.1 Å². The van der Waals surface area contributed by atoms with Crippen LogP contribution in [0.15, 0.2) is 22.7 Å². The first kappa shape index (κ1) is 14.5. The fourth-order valence-electron chi connectivity index (χ4n) is 1.47. The fraction of sp³-hybridized carbons (Fsp3) is 0.333. The number of anilines is 1. The zero-order chi connectivity index (χ0) is 13.7. The standard InChI is InChI=1S/C12H15BrN2O3/c1-3-14-11(16)7-15(2)8-4-5-9(12(17)18)10(13)6-8/h4-6H,3,7H2,1-2H3,(H,14,16)(H,17,18). The molecule has 6 heteroatoms. The Morgan fingerprint density at radius 3 is 2.61 bits per heavy atom. The lowest BCUT2D eigenvalue weighted by Crippen LogP contribution is -2.34. The van der Waals surface area contributed by atoms with Crippen LogP contribution in [-0.4, -0.2) is 37.1 Å². The van der Waals surface area contributed by atoms with Crippen molar-refractivity contribution >= 4 is 33.5 Å². The van der Waals surface area contributed by atoms with Crippen LogP contribution in [0.1, 0.15) is 17.3 Å². The van der Waals surface area contributed by atoms with E-state index in [-0.39, 0.29) is 18.0 Å². The number of aromatic carboxylic acids is 1. The van der Waals surface area contributed by atoms with Gasteiger partial charge in [-0.2, -0.15) is 0 Å². The van der Waals surface area contributed by atoms with Crippen LogP contribution < -0.4 is 10.2 Å². The molecule has 0 bridgehead atoms. The number of nitrogens with zero attached hydrogens (tertiary/aromatic N) is 1. The van der Waals surface area contributed by atoms with Crippen LogP contribution in [0, 0.1) is 0 Å². The van der Waals surface area contributed by atoms with E-state index in [4.69, 9.17) is 5.11 Å². The molecule has 0 spiro atoms. The van der Waals surface area contributed by atoms with Gasteiger partial charge < -0.3 is 15.3 Å². The summed E-state index contributed by atoms with van der Waals surface area (Å²) in [6.07, 6.45) is 0. The molecule has 0 unspecified atom stereocenters. The van der Waals surface area contributed by atoms with Crippen LogP contribution in [-0.2, 0) is 4.79 Å². The van der Waals surface area contributed by atoms with Crippen LogP contribution in [0.2, 0.25) is 0 Å². The molecule has 2 N–H and O–H groups in total. The molecule has 1 aromatic carbocycles. The highest BCUT2D eigenvalue weighted by atomic mass is 79.9. The van der Waals surface area contributed by atoms with E-state index in [9.17, 15) is 9.59 Å². The monoisotopic (exact) mass is 314 g/mol. The molecule has 0 saturated carbocycles. The summed E-state index contributed by atoms with van der Waals surface area (Å²) in [5.74, 6) is -1.06. The van der Waals surface area contributed by atoms with Gasteiger partial charge in [-0.05, 0) is 41.1 Å². The first-order chi connectivity index (χ1) is 8.45. The Hall–Kier alpha value is -1.56. The number of nitrogens with one attached hydrogen (secondary N) is 1. The summed E-state index contributed by atoms with van der Waals surface area (Å²) in [5.41, 5.74) is 0.975. The van der Waals surface area contributed by atoms with E-state index >= 15 is 0 Å². The molecule has 1 rings (SSSR count). The lowest BCUT2D eigenvalue weighted by atomic mass is 10.2. The quantitative estimate of drug-likeness (QED) is 0.868. The molecule has 0 aliphatic heterocycles. The van der Waals surface area contributed by atoms with E-state index < -0.39 is 5.97 Å². The van der Waals surface area contributed by atoms with Gasteiger partial charge in [0.1, 0.15) is 0 Å². The second kappa shape index (κ2) is 6.39. The Bertz CT molecular complexity index is 463. The maximum Gasteiger partial charge on any atom is 0.336 e. The molecule has 1 aromatic rings. The van der Waals surface area contributed by atoms with Gasteiger partial charge in [-0.15, -0.1) is 0 Å². The second-order valence-electron chi connectivity index (χ2n) is 3.78. The number of rotatable bonds is 5. The molecule has 0 heterocycles. The van der Waals surface area contributed by atoms with Crippen molar-refractivity contribution in [3.8, 4) is 0 Å². The number of carboxylic acid groups (broad SMARTS) is 1. The second-order valence-corrected chi connectivity index (χ2v) is 4.63. The van der Waals surface area contributed by atoms with Crippen molar-refractivity contribution in [2.45, 2.75) is 6.92 Å². The lowest BCUT2D eigenvalue weighted by Gasteiger charge is -2.19. The zero-order valence-corrected chi connectivity index (χ0v) is 11.8. The van der Waals surface area contributed by atoms with Crippen LogP contribution in [0.25, 0.3) is 0 Å². The highest BCUT2D eigenvalue weighted by Crippen LogP contribution is 2.23. The molecule has 1 amide bonds. The van der Waals surface area contributed by atoms with Crippen molar-refractivity contribution in [2.24, 2.45) is 0 Å². The number of hydrogen-bond donors (Lipinski definition) is 2. The van der Waals surface area contributed by atoms with Crippen molar-refractivity contribution in [3.05, 3.63) is 28.2 Å². The highest BCUT2D eigenvalue weighted by Gasteiger charge is 2.11. The predicted molar refractivity (Wildman–Crippen MR) is 73.1 cm³/mol. The van der Waals surface area contributed by atoms with Gasteiger partial charge in [0.15, 0.2) is 0 Å². The number of benzene rings is 1. The van der Waals surface area contributed by atoms with Gasteiger partial charge in [-0.25, -0.2) is 4.79 Å². The smallest absolute Gasteiger partial charge is 0.336 e. The average molecular weight is 315 g/mol. The zero-order valence-electron chi connectivity index (χ0n) is 10.2. The number of halogens is 1. The third-order valence-electron chi connectivity index (χ3n) is 2.38. The average Bonchev–Trinajstić information content (AvgIpc) is 2.28. The molecule has 0 aliphatic carbocycles. The lowest BCUT2D eigenvalue weighted by molar-refractivity contribution is -0.119. The molecular formula is C12H15BrN2O3. The summed E-state index contributed by atoms with van der Waals surface area (Å²) in [6, 6.07) is 4.87. The number of amides is 1. The molecule has 0 aromatic heterocycles. The van der Waals surface area contributed by atoms with Crippen LogP contribution in [0.3, 0.4) is 0 Å². The maximum absolute atomic E-state index is 11.4.